The Hall–Kier alpha value is -3.05. The van der Waals surface area contributed by atoms with E-state index in [0.717, 1.165) is 16.5 Å². The van der Waals surface area contributed by atoms with Crippen LogP contribution in [0.2, 0.25) is 0 Å². The molecule has 0 radical (unpaired) electrons. The van der Waals surface area contributed by atoms with E-state index in [0.29, 0.717) is 5.75 Å². The summed E-state index contributed by atoms with van der Waals surface area (Å²) in [6.07, 6.45) is 4.04. The smallest absolute Gasteiger partial charge is 0.326 e. The molecule has 0 bridgehead atoms. The number of carboxylic acids is 1. The van der Waals surface area contributed by atoms with Crippen LogP contribution in [0.4, 0.5) is 0 Å². The molecule has 33 heavy (non-hydrogen) atoms. The molecule has 0 saturated carbocycles. The number of H-pyrrole nitrogens is 1. The molecule has 4 atom stereocenters. The van der Waals surface area contributed by atoms with Gasteiger partial charge in [-0.05, 0) is 43.9 Å². The van der Waals surface area contributed by atoms with E-state index < -0.39 is 47.9 Å². The Morgan fingerprint density at radius 1 is 1.03 bits per heavy atom. The molecule has 3 amide bonds. The first-order valence-corrected chi connectivity index (χ1v) is 12.0. The molecule has 0 aliphatic carbocycles. The molecule has 0 fully saturated rings. The molecule has 2 rings (SSSR count). The number of carbonyl (C=O) groups excluding carboxylic acids is 3. The summed E-state index contributed by atoms with van der Waals surface area (Å²) in [5.41, 5.74) is 7.36. The highest BCUT2D eigenvalue weighted by molar-refractivity contribution is 7.98. The summed E-state index contributed by atoms with van der Waals surface area (Å²) in [7, 11) is 0. The number of carboxylic acid groups (broad SMARTS) is 1. The fourth-order valence-corrected chi connectivity index (χ4v) is 3.67. The average Bonchev–Trinajstić information content (AvgIpc) is 3.18. The molecule has 7 N–H and O–H groups in total. The molecule has 0 saturated heterocycles. The van der Waals surface area contributed by atoms with Crippen molar-refractivity contribution in [2.24, 2.45) is 5.73 Å². The summed E-state index contributed by atoms with van der Waals surface area (Å²) in [5, 5.41) is 17.9. The second kappa shape index (κ2) is 12.3. The largest absolute Gasteiger partial charge is 0.480 e. The molecule has 1 aromatic heterocycles. The molecule has 11 heteroatoms. The molecule has 0 aliphatic heterocycles. The van der Waals surface area contributed by atoms with Crippen LogP contribution >= 0.6 is 11.8 Å². The number of benzene rings is 1. The van der Waals surface area contributed by atoms with E-state index in [2.05, 4.69) is 20.9 Å². The van der Waals surface area contributed by atoms with Crippen molar-refractivity contribution in [2.75, 3.05) is 12.0 Å². The van der Waals surface area contributed by atoms with Gasteiger partial charge in [0.15, 0.2) is 0 Å². The zero-order valence-electron chi connectivity index (χ0n) is 18.9. The Labute approximate surface area is 196 Å². The van der Waals surface area contributed by atoms with Crippen LogP contribution in [0.3, 0.4) is 0 Å². The van der Waals surface area contributed by atoms with E-state index in [-0.39, 0.29) is 12.8 Å². The summed E-state index contributed by atoms with van der Waals surface area (Å²) in [4.78, 5) is 52.2. The SMILES string of the molecule is CSCCC(NC(=O)C(C)NC(=O)C(Cc1c[nH]c2ccccc12)NC(=O)C(C)N)C(=O)O. The van der Waals surface area contributed by atoms with Gasteiger partial charge >= 0.3 is 5.97 Å². The van der Waals surface area contributed by atoms with Gasteiger partial charge < -0.3 is 31.8 Å². The number of rotatable bonds is 12. The lowest BCUT2D eigenvalue weighted by Crippen LogP contribution is -2.56. The van der Waals surface area contributed by atoms with Crippen molar-refractivity contribution in [3.8, 4) is 0 Å². The number of amides is 3. The molecular weight excluding hydrogens is 446 g/mol. The van der Waals surface area contributed by atoms with E-state index in [4.69, 9.17) is 5.73 Å². The van der Waals surface area contributed by atoms with Crippen LogP contribution < -0.4 is 21.7 Å². The van der Waals surface area contributed by atoms with Gasteiger partial charge in [-0.25, -0.2) is 4.79 Å². The summed E-state index contributed by atoms with van der Waals surface area (Å²) in [6, 6.07) is 3.69. The van der Waals surface area contributed by atoms with E-state index in [1.54, 1.807) is 6.20 Å². The molecule has 4 unspecified atom stereocenters. The fraction of sp³-hybridized carbons (Fsp3) is 0.455. The number of aromatic nitrogens is 1. The molecule has 2 aromatic rings. The van der Waals surface area contributed by atoms with E-state index in [9.17, 15) is 24.3 Å². The molecular formula is C22H31N5O5S. The highest BCUT2D eigenvalue weighted by Gasteiger charge is 2.28. The van der Waals surface area contributed by atoms with Gasteiger partial charge in [-0.3, -0.25) is 14.4 Å². The summed E-state index contributed by atoms with van der Waals surface area (Å²) < 4.78 is 0. The highest BCUT2D eigenvalue weighted by Crippen LogP contribution is 2.19. The van der Waals surface area contributed by atoms with Crippen molar-refractivity contribution >= 4 is 46.4 Å². The van der Waals surface area contributed by atoms with Crippen molar-refractivity contribution in [3.05, 3.63) is 36.0 Å². The van der Waals surface area contributed by atoms with E-state index >= 15 is 0 Å². The first kappa shape index (κ1) is 26.2. The number of thioether (sulfide) groups is 1. The summed E-state index contributed by atoms with van der Waals surface area (Å²) in [6.45, 7) is 2.96. The normalized spacial score (nSPS) is 14.7. The third-order valence-electron chi connectivity index (χ3n) is 5.12. The predicted molar refractivity (Wildman–Crippen MR) is 128 cm³/mol. The van der Waals surface area contributed by atoms with Crippen molar-refractivity contribution in [2.45, 2.75) is 50.9 Å². The maximum Gasteiger partial charge on any atom is 0.326 e. The van der Waals surface area contributed by atoms with Crippen molar-refractivity contribution in [3.63, 3.8) is 0 Å². The van der Waals surface area contributed by atoms with Gasteiger partial charge in [-0.1, -0.05) is 18.2 Å². The van der Waals surface area contributed by atoms with Crippen molar-refractivity contribution < 1.29 is 24.3 Å². The van der Waals surface area contributed by atoms with Crippen LogP contribution in [0.25, 0.3) is 10.9 Å². The zero-order chi connectivity index (χ0) is 24.5. The molecule has 1 aromatic carbocycles. The average molecular weight is 478 g/mol. The second-order valence-corrected chi connectivity index (χ2v) is 8.81. The van der Waals surface area contributed by atoms with Crippen molar-refractivity contribution in [1.82, 2.24) is 20.9 Å². The fourth-order valence-electron chi connectivity index (χ4n) is 3.20. The summed E-state index contributed by atoms with van der Waals surface area (Å²) >= 11 is 1.47. The van der Waals surface area contributed by atoms with Gasteiger partial charge in [0.2, 0.25) is 17.7 Å². The minimum absolute atomic E-state index is 0.175. The van der Waals surface area contributed by atoms with Gasteiger partial charge in [-0.15, -0.1) is 0 Å². The van der Waals surface area contributed by atoms with Crippen LogP contribution in [-0.2, 0) is 25.6 Å². The minimum atomic E-state index is -1.14. The quantitative estimate of drug-likeness (QED) is 0.257. The molecule has 0 spiro atoms. The van der Waals surface area contributed by atoms with E-state index in [1.807, 2.05) is 30.5 Å². The monoisotopic (exact) mass is 477 g/mol. The van der Waals surface area contributed by atoms with Gasteiger partial charge in [0, 0.05) is 23.5 Å². The standard InChI is InChI=1S/C22H31N5O5S/c1-12(23)19(28)27-18(10-14-11-24-16-7-5-4-6-15(14)16)21(30)25-13(2)20(29)26-17(22(31)32)8-9-33-3/h4-7,11-13,17-18,24H,8-10,23H2,1-3H3,(H,25,30)(H,26,29)(H,27,28)(H,31,32). The molecule has 180 valence electrons. The molecule has 1 heterocycles. The van der Waals surface area contributed by atoms with Crippen molar-refractivity contribution in [1.29, 1.82) is 0 Å². The lowest BCUT2D eigenvalue weighted by molar-refractivity contribution is -0.142. The molecule has 0 aliphatic rings. The van der Waals surface area contributed by atoms with Gasteiger partial charge in [0.25, 0.3) is 0 Å². The number of nitrogens with one attached hydrogen (secondary N) is 4. The van der Waals surface area contributed by atoms with Gasteiger partial charge in [0.1, 0.15) is 18.1 Å². The lowest BCUT2D eigenvalue weighted by Gasteiger charge is -2.23. The van der Waals surface area contributed by atoms with Crippen LogP contribution in [0, 0.1) is 0 Å². The van der Waals surface area contributed by atoms with Crippen LogP contribution in [-0.4, -0.2) is 70.0 Å². The Bertz CT molecular complexity index is 992. The maximum absolute atomic E-state index is 13.0. The number of nitrogens with two attached hydrogens (primary N) is 1. The topological polar surface area (TPSA) is 166 Å². The first-order chi connectivity index (χ1) is 15.6. The Morgan fingerprint density at radius 2 is 1.70 bits per heavy atom. The summed E-state index contributed by atoms with van der Waals surface area (Å²) in [5.74, 6) is -2.28. The van der Waals surface area contributed by atoms with Crippen LogP contribution in [0.5, 0.6) is 0 Å². The van der Waals surface area contributed by atoms with Crippen LogP contribution in [0.15, 0.2) is 30.5 Å². The number of para-hydroxylation sites is 1. The Balaban J connectivity index is 2.12. The maximum atomic E-state index is 13.0. The number of aromatic amines is 1. The zero-order valence-corrected chi connectivity index (χ0v) is 19.7. The third-order valence-corrected chi connectivity index (χ3v) is 5.77. The lowest BCUT2D eigenvalue weighted by atomic mass is 10.0. The number of carbonyl (C=O) groups is 4. The first-order valence-electron chi connectivity index (χ1n) is 10.6. The van der Waals surface area contributed by atoms with E-state index in [1.165, 1.54) is 25.6 Å². The number of aliphatic carboxylic acids is 1. The molecule has 10 nitrogen and oxygen atoms in total. The number of hydrogen-bond acceptors (Lipinski definition) is 6. The number of hydrogen-bond donors (Lipinski definition) is 6. The number of fused-ring (bicyclic) bond motifs is 1. The Morgan fingerprint density at radius 3 is 2.33 bits per heavy atom. The van der Waals surface area contributed by atoms with Crippen LogP contribution in [0.1, 0.15) is 25.8 Å². The Kier molecular flexibility index (Phi) is 9.74. The third kappa shape index (κ3) is 7.50. The van der Waals surface area contributed by atoms with Gasteiger partial charge in [-0.2, -0.15) is 11.8 Å². The predicted octanol–water partition coefficient (Wildman–Crippen LogP) is 0.370. The highest BCUT2D eigenvalue weighted by atomic mass is 32.2. The van der Waals surface area contributed by atoms with Gasteiger partial charge in [0.05, 0.1) is 6.04 Å². The second-order valence-electron chi connectivity index (χ2n) is 7.82. The minimum Gasteiger partial charge on any atom is -0.480 e.